The quantitative estimate of drug-likeness (QED) is 0.0281. The first kappa shape index (κ1) is 79.1. The van der Waals surface area contributed by atoms with Gasteiger partial charge in [0.1, 0.15) is 19.0 Å². The number of nitrogens with one attached hydrogen (secondary N) is 2. The number of ketones is 2. The van der Waals surface area contributed by atoms with Crippen LogP contribution in [0.25, 0.3) is 0 Å². The molecule has 0 unspecified atom stereocenters. The van der Waals surface area contributed by atoms with Gasteiger partial charge < -0.3 is 44.9 Å². The van der Waals surface area contributed by atoms with Crippen LogP contribution in [0.1, 0.15) is 174 Å². The maximum atomic E-state index is 12.5. The van der Waals surface area contributed by atoms with Crippen LogP contribution in [0.5, 0.6) is 0 Å². The van der Waals surface area contributed by atoms with Crippen molar-refractivity contribution in [3.63, 3.8) is 0 Å². The minimum atomic E-state index is -1.07. The zero-order valence-electron chi connectivity index (χ0n) is 46.4. The molecule has 5 N–H and O–H groups in total. The van der Waals surface area contributed by atoms with Crippen LogP contribution in [0, 0.1) is 11.8 Å². The minimum absolute atomic E-state index is 0.00502. The lowest BCUT2D eigenvalue weighted by atomic mass is 9.94. The Morgan fingerprint density at radius 1 is 0.392 bits per heavy atom. The van der Waals surface area contributed by atoms with E-state index in [9.17, 15) is 38.7 Å². The molecule has 0 heterocycles. The third-order valence-electron chi connectivity index (χ3n) is 11.0. The van der Waals surface area contributed by atoms with Gasteiger partial charge in [0, 0.05) is 51.8 Å². The van der Waals surface area contributed by atoms with Gasteiger partial charge in [0.2, 0.25) is 11.8 Å². The molecule has 0 bridgehead atoms. The van der Waals surface area contributed by atoms with E-state index < -0.39 is 29.7 Å². The number of Topliss-reactive ketones (excluding diaryl/α,β-unsaturated/α-hetero) is 2. The molecule has 438 valence electrons. The molecule has 0 spiro atoms. The average Bonchev–Trinajstić information content (AvgIpc) is 3.38. The Kier molecular flexibility index (Phi) is 70.5. The minimum Gasteiger partial charge on any atom is -0.481 e. The van der Waals surface area contributed by atoms with Crippen LogP contribution in [-0.4, -0.2) is 160 Å². The predicted molar refractivity (Wildman–Crippen MR) is 316 cm³/mol. The summed E-state index contributed by atoms with van der Waals surface area (Å²) >= 11 is 0. The second-order valence-electron chi connectivity index (χ2n) is 17.3. The van der Waals surface area contributed by atoms with E-state index in [1.165, 1.54) is 57.8 Å². The summed E-state index contributed by atoms with van der Waals surface area (Å²) in [7, 11) is 10.6. The first-order valence-electron chi connectivity index (χ1n) is 26.4. The largest absolute Gasteiger partial charge is 0.481 e. The number of carbonyl (C=O) groups excluding carboxylic acids is 4. The van der Waals surface area contributed by atoms with E-state index in [0.29, 0.717) is 51.9 Å². The summed E-state index contributed by atoms with van der Waals surface area (Å²) in [6, 6.07) is 0. The topological polar surface area (TPSA) is 241 Å². The summed E-state index contributed by atoms with van der Waals surface area (Å²) in [6.45, 7) is 3.82. The number of carboxylic acid groups (broad SMARTS) is 3. The highest BCUT2D eigenvalue weighted by Gasteiger charge is 2.22. The van der Waals surface area contributed by atoms with Crippen molar-refractivity contribution in [3.05, 3.63) is 0 Å². The van der Waals surface area contributed by atoms with Gasteiger partial charge in [-0.2, -0.15) is 0 Å². The van der Waals surface area contributed by atoms with Gasteiger partial charge in [0.05, 0.1) is 44.9 Å². The van der Waals surface area contributed by atoms with Gasteiger partial charge in [0.15, 0.2) is 5.78 Å². The molecule has 0 rings (SSSR count). The Balaban J connectivity index is -0.00000182. The Labute approximate surface area is 470 Å². The van der Waals surface area contributed by atoms with E-state index >= 15 is 0 Å². The van der Waals surface area contributed by atoms with Gasteiger partial charge in [-0.1, -0.05) is 168 Å². The Morgan fingerprint density at radius 3 is 1.27 bits per heavy atom. The molecular weight excluding hydrogens is 1070 g/mol. The molecule has 0 radical (unpaired) electrons. The van der Waals surface area contributed by atoms with E-state index in [0.717, 1.165) is 51.4 Å². The fourth-order valence-corrected chi connectivity index (χ4v) is 6.63. The van der Waals surface area contributed by atoms with Gasteiger partial charge in [-0.15, -0.1) is 0 Å². The highest BCUT2D eigenvalue weighted by Crippen LogP contribution is 2.18. The van der Waals surface area contributed by atoms with Crippen molar-refractivity contribution >= 4 is 106 Å². The van der Waals surface area contributed by atoms with Crippen LogP contribution in [0.3, 0.4) is 0 Å². The summed E-state index contributed by atoms with van der Waals surface area (Å²) in [5.74, 6) is -4.55. The Morgan fingerprint density at radius 2 is 0.811 bits per heavy atom. The molecule has 0 aromatic heterocycles. The lowest BCUT2D eigenvalue weighted by Gasteiger charge is -2.12. The van der Waals surface area contributed by atoms with Crippen molar-refractivity contribution < 1.29 is 67.8 Å². The number of amides is 2. The maximum Gasteiger partial charge on any atom is 0.306 e. The summed E-state index contributed by atoms with van der Waals surface area (Å²) in [6.07, 6.45) is 33.9. The molecule has 22 heteroatoms. The number of hydrogen-bond donors (Lipinski definition) is 5. The number of carbonyl (C=O) groups is 7. The fraction of sp³-hybridized carbons (Fsp3) is 0.865. The van der Waals surface area contributed by atoms with Crippen LogP contribution < -0.4 is 10.6 Å². The van der Waals surface area contributed by atoms with Crippen molar-refractivity contribution in [2.24, 2.45) is 11.8 Å². The zero-order chi connectivity index (χ0) is 56.1. The zero-order valence-corrected chi connectivity index (χ0v) is 51.3. The first-order valence-corrected chi connectivity index (χ1v) is 35.3. The van der Waals surface area contributed by atoms with E-state index in [-0.39, 0.29) is 95.3 Å². The smallest absolute Gasteiger partial charge is 0.306 e. The molecule has 0 saturated heterocycles. The molecule has 2 atom stereocenters. The van der Waals surface area contributed by atoms with Crippen molar-refractivity contribution in [1.82, 2.24) is 10.6 Å². The Bertz CT molecular complexity index is 1310. The summed E-state index contributed by atoms with van der Waals surface area (Å²) < 4.78 is 21.5. The van der Waals surface area contributed by atoms with Crippen LogP contribution in [-0.2, 0) is 52.5 Å². The van der Waals surface area contributed by atoms with Gasteiger partial charge in [-0.3, -0.25) is 33.6 Å². The summed E-state index contributed by atoms with van der Waals surface area (Å²) in [4.78, 5) is 81.5. The summed E-state index contributed by atoms with van der Waals surface area (Å²) in [5, 5.41) is 32.5. The molecule has 0 aromatic rings. The Hall–Kier alpha value is -1.37. The molecule has 0 aromatic carbocycles. The SMILES string of the molecule is CSSC.CSSC.CSSC.C[C@@H](CCCCNC(=O)COCCOCCCC(=O)COCCOCCNC(=O)CC[C@H](CC(=O)CCCCCCCCCCCCCCCCCCC(=O)O)C(=O)O)C(=O)O. The molecule has 0 fully saturated rings. The maximum absolute atomic E-state index is 12.5. The number of carboxylic acids is 3. The van der Waals surface area contributed by atoms with Crippen LogP contribution in [0.4, 0.5) is 0 Å². The van der Waals surface area contributed by atoms with Gasteiger partial charge in [-0.25, -0.2) is 0 Å². The number of ether oxygens (including phenoxy) is 4. The van der Waals surface area contributed by atoms with Crippen LogP contribution in [0.15, 0.2) is 0 Å². The molecule has 0 aliphatic carbocycles. The number of hydrogen-bond acceptors (Lipinski definition) is 17. The summed E-state index contributed by atoms with van der Waals surface area (Å²) in [5.41, 5.74) is 0. The van der Waals surface area contributed by atoms with E-state index in [1.807, 2.05) is 0 Å². The van der Waals surface area contributed by atoms with Crippen molar-refractivity contribution in [1.29, 1.82) is 0 Å². The molecule has 0 saturated carbocycles. The average molecular weight is 1170 g/mol. The molecule has 74 heavy (non-hydrogen) atoms. The molecule has 0 aliphatic rings. The highest BCUT2D eigenvalue weighted by molar-refractivity contribution is 8.76. The second-order valence-corrected chi connectivity index (χ2v) is 25.3. The van der Waals surface area contributed by atoms with Gasteiger partial charge in [-0.05, 0) is 76.1 Å². The van der Waals surface area contributed by atoms with Gasteiger partial charge in [0.25, 0.3) is 0 Å². The van der Waals surface area contributed by atoms with Crippen molar-refractivity contribution in [2.75, 3.05) is 103 Å². The van der Waals surface area contributed by atoms with E-state index in [1.54, 1.807) is 71.7 Å². The third kappa shape index (κ3) is 70.6. The third-order valence-corrected chi connectivity index (χ3v) is 15.0. The van der Waals surface area contributed by atoms with E-state index in [2.05, 4.69) is 48.2 Å². The normalized spacial score (nSPS) is 11.4. The number of aliphatic carboxylic acids is 3. The van der Waals surface area contributed by atoms with Crippen LogP contribution >= 0.6 is 64.8 Å². The van der Waals surface area contributed by atoms with E-state index in [4.69, 9.17) is 29.2 Å². The first-order chi connectivity index (χ1) is 35.7. The molecule has 16 nitrogen and oxygen atoms in total. The lowest BCUT2D eigenvalue weighted by molar-refractivity contribution is -0.144. The lowest BCUT2D eigenvalue weighted by Crippen LogP contribution is -2.29. The second kappa shape index (κ2) is 65.9. The molecule has 0 aliphatic heterocycles. The predicted octanol–water partition coefficient (Wildman–Crippen LogP) is 12.0. The molecular formula is C52H100N2O14S6. The number of rotatable bonds is 51. The number of unbranched alkanes of at least 4 members (excludes halogenated alkanes) is 16. The van der Waals surface area contributed by atoms with Crippen molar-refractivity contribution in [3.8, 4) is 0 Å². The van der Waals surface area contributed by atoms with Crippen LogP contribution in [0.2, 0.25) is 0 Å². The monoisotopic (exact) mass is 1170 g/mol. The molecule has 2 amide bonds. The fourth-order valence-electron chi connectivity index (χ4n) is 6.63. The standard InChI is InChI=1S/C46H82N2O14.3C2H6S2/c1-38(45(55)56)21-18-19-27-47-43(52)37-62-34-31-59-29-20-23-41(50)36-61-33-32-60-30-28-48-42(51)26-25-39(46(57)58)35-40(49)22-16-14-12-10-8-6-4-2-3-5-7-9-11-13-15-17-24-44(53)54;3*1-3-4-2/h38-39H,2-37H2,1H3,(H,47,52)(H,48,51)(H,53,54)(H,55,56)(H,57,58);3*1-2H3/t38-,39+;;;/m0.../s1. The van der Waals surface area contributed by atoms with Crippen molar-refractivity contribution in [2.45, 2.75) is 174 Å². The highest BCUT2D eigenvalue weighted by atomic mass is 33.1. The van der Waals surface area contributed by atoms with Gasteiger partial charge >= 0.3 is 17.9 Å².